The van der Waals surface area contributed by atoms with E-state index in [4.69, 9.17) is 12.6 Å². The number of aromatic nitrogens is 2. The Morgan fingerprint density at radius 1 is 0.645 bits per heavy atom. The number of nitrogens with zero attached hydrogens (tertiary/aromatic N) is 2. The predicted octanol–water partition coefficient (Wildman–Crippen LogP) is 14.7. The van der Waals surface area contributed by atoms with Gasteiger partial charge in [0.2, 0.25) is 0 Å². The maximum atomic E-state index is 15.1. The summed E-state index contributed by atoms with van der Waals surface area (Å²) in [4.78, 5) is 7.74. The third-order valence-corrected chi connectivity index (χ3v) is 10.5. The molecule has 0 atom stereocenters. The summed E-state index contributed by atoms with van der Waals surface area (Å²) < 4.78 is 170. The number of halogens is 8. The first-order valence-corrected chi connectivity index (χ1v) is 18.8. The monoisotopic (exact) mass is 1030 g/mol. The van der Waals surface area contributed by atoms with Gasteiger partial charge in [-0.3, -0.25) is 4.98 Å². The van der Waals surface area contributed by atoms with Gasteiger partial charge in [0.1, 0.15) is 11.3 Å². The van der Waals surface area contributed by atoms with Crippen LogP contribution in [0.1, 0.15) is 56.9 Å². The van der Waals surface area contributed by atoms with E-state index in [9.17, 15) is 17.6 Å². The van der Waals surface area contributed by atoms with Crippen molar-refractivity contribution < 1.29 is 67.9 Å². The molecule has 3 aromatic heterocycles. The second-order valence-electron chi connectivity index (χ2n) is 15.5. The summed E-state index contributed by atoms with van der Waals surface area (Å²) in [5, 5.41) is 1.13. The maximum Gasteiger partial charge on any atom is 0.384 e. The van der Waals surface area contributed by atoms with E-state index in [2.05, 4.69) is 22.1 Å². The number of furan rings is 1. The molecule has 12 heteroatoms. The molecule has 0 spiro atoms. The molecule has 9 rings (SSSR count). The Balaban J connectivity index is 0.000000219. The zero-order valence-electron chi connectivity index (χ0n) is 38.8. The standard InChI is InChI=1S/C31H20F8NO.C19H16N.Ir/c1-27(2,3)21-15-22(40-26-23(21)28(32,33)30(36,37)31(38,39)29(26,34)35)20-14-8-13-19-18-12-7-11-17(24(18)41-25(19)20)16-9-5-4-6-10-16;1-14-8-11-19(20-13-14)17-10-9-15(2)18(12-17)16-6-4-3-5-7-16;/h4-13,15H,1-3H3;3-9,11-13H,1-2H3;/q2*-1;/i;1D3,2D3;. The number of pyridine rings is 2. The minimum Gasteiger partial charge on any atom is -0.500 e. The quantitative estimate of drug-likeness (QED) is 0.130. The van der Waals surface area contributed by atoms with Gasteiger partial charge < -0.3 is 9.40 Å². The van der Waals surface area contributed by atoms with Gasteiger partial charge in [0.25, 0.3) is 0 Å². The van der Waals surface area contributed by atoms with E-state index < -0.39 is 65.3 Å². The molecule has 1 aliphatic carbocycles. The van der Waals surface area contributed by atoms with Crippen LogP contribution in [-0.4, -0.2) is 21.8 Å². The molecule has 5 aromatic carbocycles. The van der Waals surface area contributed by atoms with Gasteiger partial charge in [-0.05, 0) is 45.9 Å². The van der Waals surface area contributed by atoms with Gasteiger partial charge in [0.05, 0.1) is 11.1 Å². The molecule has 0 bridgehead atoms. The molecule has 1 aliphatic rings. The molecule has 0 saturated heterocycles. The van der Waals surface area contributed by atoms with Crippen LogP contribution in [0, 0.1) is 25.8 Å². The van der Waals surface area contributed by atoms with Crippen molar-refractivity contribution in [3.8, 4) is 44.8 Å². The summed E-state index contributed by atoms with van der Waals surface area (Å²) >= 11 is 0. The second kappa shape index (κ2) is 15.9. The Kier molecular flexibility index (Phi) is 9.45. The molecular weight excluding hydrogens is 989 g/mol. The van der Waals surface area contributed by atoms with Crippen molar-refractivity contribution in [3.05, 3.63) is 168 Å². The Bertz CT molecular complexity index is 3150. The molecule has 0 amide bonds. The van der Waals surface area contributed by atoms with Crippen LogP contribution < -0.4 is 0 Å². The fraction of sp³-hybridized carbons (Fsp3) is 0.200. The summed E-state index contributed by atoms with van der Waals surface area (Å²) in [7, 11) is 0. The van der Waals surface area contributed by atoms with Crippen LogP contribution in [-0.2, 0) is 37.4 Å². The fourth-order valence-corrected chi connectivity index (χ4v) is 7.36. The maximum absolute atomic E-state index is 15.1. The van der Waals surface area contributed by atoms with Crippen molar-refractivity contribution in [2.45, 2.75) is 63.6 Å². The molecule has 3 heterocycles. The van der Waals surface area contributed by atoms with Gasteiger partial charge in [0, 0.05) is 45.5 Å². The number of aryl methyl sites for hydroxylation is 2. The van der Waals surface area contributed by atoms with E-state index in [0.717, 1.165) is 17.2 Å². The van der Waals surface area contributed by atoms with Gasteiger partial charge >= 0.3 is 23.7 Å². The normalized spacial score (nSPS) is 17.7. The van der Waals surface area contributed by atoms with Crippen molar-refractivity contribution in [1.82, 2.24) is 9.97 Å². The van der Waals surface area contributed by atoms with Crippen LogP contribution in [0.3, 0.4) is 0 Å². The van der Waals surface area contributed by atoms with Crippen LogP contribution >= 0.6 is 0 Å². The molecule has 319 valence electrons. The molecule has 3 nitrogen and oxygen atoms in total. The number of hydrogen-bond donors (Lipinski definition) is 0. The van der Waals surface area contributed by atoms with Crippen LogP contribution in [0.15, 0.2) is 132 Å². The molecule has 0 unspecified atom stereocenters. The van der Waals surface area contributed by atoms with E-state index in [-0.39, 0.29) is 42.4 Å². The van der Waals surface area contributed by atoms with Crippen molar-refractivity contribution in [2.75, 3.05) is 0 Å². The van der Waals surface area contributed by atoms with E-state index in [1.165, 1.54) is 45.2 Å². The first kappa shape index (κ1) is 36.9. The average molecular weight is 1030 g/mol. The van der Waals surface area contributed by atoms with Crippen molar-refractivity contribution in [2.24, 2.45) is 0 Å². The van der Waals surface area contributed by atoms with Gasteiger partial charge in [-0.15, -0.1) is 47.5 Å². The van der Waals surface area contributed by atoms with Crippen LogP contribution in [0.2, 0.25) is 0 Å². The molecule has 0 N–H and O–H groups in total. The van der Waals surface area contributed by atoms with Gasteiger partial charge in [-0.2, -0.15) is 35.1 Å². The van der Waals surface area contributed by atoms with E-state index in [1.54, 1.807) is 30.3 Å². The van der Waals surface area contributed by atoms with E-state index >= 15 is 17.6 Å². The largest absolute Gasteiger partial charge is 0.500 e. The summed E-state index contributed by atoms with van der Waals surface area (Å²) in [6.45, 7) is -0.510. The number of benzene rings is 5. The fourth-order valence-electron chi connectivity index (χ4n) is 7.36. The third-order valence-electron chi connectivity index (χ3n) is 10.5. The van der Waals surface area contributed by atoms with Gasteiger partial charge in [-0.1, -0.05) is 141 Å². The van der Waals surface area contributed by atoms with Crippen molar-refractivity contribution in [3.63, 3.8) is 0 Å². The van der Waals surface area contributed by atoms with Crippen molar-refractivity contribution in [1.29, 1.82) is 0 Å². The van der Waals surface area contributed by atoms with Crippen LogP contribution in [0.5, 0.6) is 0 Å². The number of para-hydroxylation sites is 1. The first-order chi connectivity index (χ1) is 31.2. The molecule has 0 fully saturated rings. The number of alkyl halides is 8. The Labute approximate surface area is 374 Å². The molecule has 0 aliphatic heterocycles. The molecule has 62 heavy (non-hydrogen) atoms. The molecule has 8 aromatic rings. The van der Waals surface area contributed by atoms with Crippen LogP contribution in [0.4, 0.5) is 35.1 Å². The minimum absolute atomic E-state index is 0. The minimum atomic E-state index is -6.42. The third kappa shape index (κ3) is 7.20. The summed E-state index contributed by atoms with van der Waals surface area (Å²) in [6, 6.07) is 39.9. The Morgan fingerprint density at radius 3 is 1.90 bits per heavy atom. The summed E-state index contributed by atoms with van der Waals surface area (Å²) in [6.07, 6.45) is 1.32. The Morgan fingerprint density at radius 2 is 1.29 bits per heavy atom. The smallest absolute Gasteiger partial charge is 0.384 e. The summed E-state index contributed by atoms with van der Waals surface area (Å²) in [5.41, 5.74) is -1.76. The SMILES string of the molecule is CC(C)(C)c1cc(-c2[c-]ccc3c2oc2c(-c4ccccc4)cccc23)nc2c1C(F)(F)C(F)(F)C(F)(F)C2(F)F.[2H]C([2H])([2H])c1ccc(-c2[c-]cc(C([2H])([2H])[2H])c(-c3ccccc3)c2)nc1.[Ir]. The zero-order chi connectivity index (χ0) is 48.7. The molecular formula is C50H36F8IrN2O-2. The number of rotatable bonds is 4. The molecule has 1 radical (unpaired) electrons. The average Bonchev–Trinajstić information content (AvgIpc) is 3.67. The summed E-state index contributed by atoms with van der Waals surface area (Å²) in [5.74, 6) is -24.2. The van der Waals surface area contributed by atoms with Crippen LogP contribution in [0.25, 0.3) is 66.7 Å². The van der Waals surface area contributed by atoms with Gasteiger partial charge in [0.15, 0.2) is 0 Å². The van der Waals surface area contributed by atoms with E-state index in [1.807, 2.05) is 66.7 Å². The Hall–Kier alpha value is -5.71. The number of fused-ring (bicyclic) bond motifs is 4. The number of hydrogen-bond acceptors (Lipinski definition) is 3. The zero-order valence-corrected chi connectivity index (χ0v) is 35.2. The second-order valence-corrected chi connectivity index (χ2v) is 15.5. The van der Waals surface area contributed by atoms with Crippen molar-refractivity contribution >= 4 is 21.9 Å². The van der Waals surface area contributed by atoms with Gasteiger partial charge in [-0.25, -0.2) is 0 Å². The van der Waals surface area contributed by atoms with E-state index in [0.29, 0.717) is 38.7 Å². The first-order valence-electron chi connectivity index (χ1n) is 21.8. The predicted molar refractivity (Wildman–Crippen MR) is 221 cm³/mol. The topological polar surface area (TPSA) is 38.9 Å². The molecule has 0 saturated carbocycles.